The van der Waals surface area contributed by atoms with Crippen LogP contribution in [0.25, 0.3) is 0 Å². The number of anilines is 1. The summed E-state index contributed by atoms with van der Waals surface area (Å²) in [5, 5.41) is 0. The molecule has 2 unspecified atom stereocenters. The molecule has 2 atom stereocenters. The number of hydrogen-bond donors (Lipinski definition) is 1. The summed E-state index contributed by atoms with van der Waals surface area (Å²) in [6.07, 6.45) is 0. The summed E-state index contributed by atoms with van der Waals surface area (Å²) in [7, 11) is 3.65. The summed E-state index contributed by atoms with van der Waals surface area (Å²) in [6, 6.07) is 5.96. The van der Waals surface area contributed by atoms with Crippen LogP contribution in [0.5, 0.6) is 5.75 Å². The van der Waals surface area contributed by atoms with Gasteiger partial charge in [0.1, 0.15) is 11.3 Å². The molecule has 1 aromatic rings. The first-order chi connectivity index (χ1) is 9.45. The lowest BCUT2D eigenvalue weighted by Gasteiger charge is -2.42. The molecule has 0 spiro atoms. The number of rotatable bonds is 2. The number of nitrogens with two attached hydrogens (primary N) is 1. The average Bonchev–Trinajstić information content (AvgIpc) is 2.43. The molecule has 0 aliphatic carbocycles. The lowest BCUT2D eigenvalue weighted by molar-refractivity contribution is 0.0412. The number of carbonyl (C=O) groups excluding carboxylic acids is 1. The van der Waals surface area contributed by atoms with E-state index in [9.17, 15) is 4.79 Å². The molecule has 0 bridgehead atoms. The van der Waals surface area contributed by atoms with Crippen LogP contribution in [-0.4, -0.2) is 55.0 Å². The van der Waals surface area contributed by atoms with E-state index in [2.05, 4.69) is 25.8 Å². The molecular formula is C15H23N3O2. The number of ether oxygens (including phenoxy) is 1. The second-order valence-electron chi connectivity index (χ2n) is 5.50. The van der Waals surface area contributed by atoms with E-state index in [-0.39, 0.29) is 5.91 Å². The molecule has 20 heavy (non-hydrogen) atoms. The molecule has 1 aromatic carbocycles. The maximum atomic E-state index is 12.7. The van der Waals surface area contributed by atoms with E-state index in [1.165, 1.54) is 0 Å². The van der Waals surface area contributed by atoms with Gasteiger partial charge in [-0.05, 0) is 33.0 Å². The average molecular weight is 277 g/mol. The van der Waals surface area contributed by atoms with E-state index in [4.69, 9.17) is 10.5 Å². The van der Waals surface area contributed by atoms with E-state index in [1.807, 2.05) is 4.90 Å². The second kappa shape index (κ2) is 5.71. The van der Waals surface area contributed by atoms with Crippen LogP contribution in [0.1, 0.15) is 24.2 Å². The molecular weight excluding hydrogens is 254 g/mol. The lowest BCUT2D eigenvalue weighted by Crippen LogP contribution is -2.56. The number of benzene rings is 1. The Morgan fingerprint density at radius 1 is 1.30 bits per heavy atom. The number of carbonyl (C=O) groups is 1. The van der Waals surface area contributed by atoms with Crippen molar-refractivity contribution in [1.82, 2.24) is 9.80 Å². The molecule has 1 aliphatic heterocycles. The molecule has 1 saturated heterocycles. The van der Waals surface area contributed by atoms with E-state index < -0.39 is 0 Å². The number of amides is 1. The van der Waals surface area contributed by atoms with Crippen LogP contribution in [0.3, 0.4) is 0 Å². The molecule has 1 heterocycles. The van der Waals surface area contributed by atoms with Crippen LogP contribution in [-0.2, 0) is 0 Å². The van der Waals surface area contributed by atoms with Crippen molar-refractivity contribution in [2.24, 2.45) is 0 Å². The van der Waals surface area contributed by atoms with Gasteiger partial charge in [-0.2, -0.15) is 0 Å². The highest BCUT2D eigenvalue weighted by atomic mass is 16.5. The van der Waals surface area contributed by atoms with Gasteiger partial charge in [-0.3, -0.25) is 9.69 Å². The van der Waals surface area contributed by atoms with Gasteiger partial charge in [-0.25, -0.2) is 0 Å². The molecule has 1 amide bonds. The maximum absolute atomic E-state index is 12.7. The molecule has 5 heteroatoms. The van der Waals surface area contributed by atoms with Gasteiger partial charge in [-0.15, -0.1) is 0 Å². The molecule has 2 N–H and O–H groups in total. The third-order valence-electron chi connectivity index (χ3n) is 4.14. The van der Waals surface area contributed by atoms with Crippen molar-refractivity contribution in [3.8, 4) is 5.75 Å². The molecule has 0 aromatic heterocycles. The first-order valence-electron chi connectivity index (χ1n) is 6.89. The fraction of sp³-hybridized carbons (Fsp3) is 0.533. The molecule has 2 rings (SSSR count). The highest BCUT2D eigenvalue weighted by Crippen LogP contribution is 2.27. The summed E-state index contributed by atoms with van der Waals surface area (Å²) in [6.45, 7) is 5.66. The van der Waals surface area contributed by atoms with Gasteiger partial charge in [0.2, 0.25) is 0 Å². The standard InChI is InChI=1S/C15H23N3O2/c1-10-8-18(9-11(2)17(10)3)15(19)14-12(16)6-5-7-13(14)20-4/h5-7,10-11H,8-9,16H2,1-4H3. The first-order valence-corrected chi connectivity index (χ1v) is 6.89. The van der Waals surface area contributed by atoms with Crippen molar-refractivity contribution >= 4 is 11.6 Å². The Labute approximate surface area is 120 Å². The third kappa shape index (κ3) is 2.58. The van der Waals surface area contributed by atoms with Gasteiger partial charge in [-0.1, -0.05) is 6.07 Å². The Kier molecular flexibility index (Phi) is 4.18. The minimum atomic E-state index is -0.0493. The lowest BCUT2D eigenvalue weighted by atomic mass is 10.1. The van der Waals surface area contributed by atoms with Crippen LogP contribution in [0.15, 0.2) is 18.2 Å². The molecule has 0 saturated carbocycles. The fourth-order valence-corrected chi connectivity index (χ4v) is 2.68. The van der Waals surface area contributed by atoms with Crippen molar-refractivity contribution in [1.29, 1.82) is 0 Å². The molecule has 0 radical (unpaired) electrons. The predicted octanol–water partition coefficient (Wildman–Crippen LogP) is 1.44. The zero-order valence-electron chi connectivity index (χ0n) is 12.6. The van der Waals surface area contributed by atoms with Crippen molar-refractivity contribution in [3.05, 3.63) is 23.8 Å². The summed E-state index contributed by atoms with van der Waals surface area (Å²) in [4.78, 5) is 16.9. The monoisotopic (exact) mass is 277 g/mol. The quantitative estimate of drug-likeness (QED) is 0.831. The SMILES string of the molecule is COc1cccc(N)c1C(=O)N1CC(C)N(C)C(C)C1. The number of likely N-dealkylation sites (N-methyl/N-ethyl adjacent to an activating group) is 1. The summed E-state index contributed by atoms with van der Waals surface area (Å²) < 4.78 is 5.27. The maximum Gasteiger partial charge on any atom is 0.259 e. The molecule has 1 aliphatic rings. The zero-order valence-corrected chi connectivity index (χ0v) is 12.6. The molecule has 1 fully saturated rings. The second-order valence-corrected chi connectivity index (χ2v) is 5.50. The summed E-state index contributed by atoms with van der Waals surface area (Å²) >= 11 is 0. The van der Waals surface area contributed by atoms with Gasteiger partial charge in [0.25, 0.3) is 5.91 Å². The van der Waals surface area contributed by atoms with Gasteiger partial charge >= 0.3 is 0 Å². The van der Waals surface area contributed by atoms with Crippen molar-refractivity contribution in [3.63, 3.8) is 0 Å². The topological polar surface area (TPSA) is 58.8 Å². The number of nitrogens with zero attached hydrogens (tertiary/aromatic N) is 2. The smallest absolute Gasteiger partial charge is 0.259 e. The van der Waals surface area contributed by atoms with E-state index in [1.54, 1.807) is 25.3 Å². The van der Waals surface area contributed by atoms with Crippen LogP contribution in [0.2, 0.25) is 0 Å². The number of methoxy groups -OCH3 is 1. The summed E-state index contributed by atoms with van der Waals surface area (Å²) in [5.41, 5.74) is 6.90. The van der Waals surface area contributed by atoms with Gasteiger partial charge in [0.05, 0.1) is 7.11 Å². The number of nitrogen functional groups attached to an aromatic ring is 1. The Morgan fingerprint density at radius 3 is 2.45 bits per heavy atom. The van der Waals surface area contributed by atoms with Crippen LogP contribution >= 0.6 is 0 Å². The third-order valence-corrected chi connectivity index (χ3v) is 4.14. The fourth-order valence-electron chi connectivity index (χ4n) is 2.68. The predicted molar refractivity (Wildman–Crippen MR) is 80.0 cm³/mol. The van der Waals surface area contributed by atoms with E-state index in [0.717, 1.165) is 0 Å². The zero-order chi connectivity index (χ0) is 14.9. The Morgan fingerprint density at radius 2 is 1.90 bits per heavy atom. The molecule has 110 valence electrons. The normalized spacial score (nSPS) is 23.7. The van der Waals surface area contributed by atoms with Crippen molar-refractivity contribution in [2.75, 3.05) is 33.0 Å². The van der Waals surface area contributed by atoms with Crippen LogP contribution in [0.4, 0.5) is 5.69 Å². The first kappa shape index (κ1) is 14.7. The number of piperazine rings is 1. The van der Waals surface area contributed by atoms with Crippen LogP contribution < -0.4 is 10.5 Å². The summed E-state index contributed by atoms with van der Waals surface area (Å²) in [5.74, 6) is 0.487. The highest BCUT2D eigenvalue weighted by Gasteiger charge is 2.31. The molecule has 5 nitrogen and oxygen atoms in total. The minimum absolute atomic E-state index is 0.0493. The van der Waals surface area contributed by atoms with Crippen molar-refractivity contribution in [2.45, 2.75) is 25.9 Å². The van der Waals surface area contributed by atoms with E-state index in [0.29, 0.717) is 42.2 Å². The van der Waals surface area contributed by atoms with Crippen LogP contribution in [0, 0.1) is 0 Å². The number of hydrogen-bond acceptors (Lipinski definition) is 4. The largest absolute Gasteiger partial charge is 0.496 e. The minimum Gasteiger partial charge on any atom is -0.496 e. The Bertz CT molecular complexity index is 492. The van der Waals surface area contributed by atoms with Gasteiger partial charge in [0.15, 0.2) is 0 Å². The van der Waals surface area contributed by atoms with Gasteiger partial charge in [0, 0.05) is 30.9 Å². The van der Waals surface area contributed by atoms with Gasteiger partial charge < -0.3 is 15.4 Å². The highest BCUT2D eigenvalue weighted by molar-refractivity contribution is 6.02. The van der Waals surface area contributed by atoms with Crippen molar-refractivity contribution < 1.29 is 9.53 Å². The Balaban J connectivity index is 2.28. The Hall–Kier alpha value is -1.75. The van der Waals surface area contributed by atoms with E-state index >= 15 is 0 Å².